The van der Waals surface area contributed by atoms with Gasteiger partial charge in [-0.2, -0.15) is 0 Å². The third-order valence-corrected chi connectivity index (χ3v) is 6.42. The summed E-state index contributed by atoms with van der Waals surface area (Å²) in [4.78, 5) is 2.30. The summed E-state index contributed by atoms with van der Waals surface area (Å²) in [5.41, 5.74) is 9.31. The molecule has 0 fully saturated rings. The van der Waals surface area contributed by atoms with Crippen LogP contribution in [0.15, 0.2) is 170 Å². The van der Waals surface area contributed by atoms with Crippen molar-refractivity contribution in [1.29, 1.82) is 0 Å². The minimum atomic E-state index is 1.08. The van der Waals surface area contributed by atoms with E-state index in [4.69, 9.17) is 0 Å². The van der Waals surface area contributed by atoms with Crippen LogP contribution in [0.25, 0.3) is 28.3 Å². The van der Waals surface area contributed by atoms with Crippen molar-refractivity contribution in [2.24, 2.45) is 0 Å². The third kappa shape index (κ3) is 6.08. The minimum Gasteiger partial charge on any atom is -0.311 e. The van der Waals surface area contributed by atoms with Crippen LogP contribution in [0.4, 0.5) is 11.4 Å². The molecule has 0 bridgehead atoms. The van der Waals surface area contributed by atoms with Crippen molar-refractivity contribution >= 4 is 17.5 Å². The Morgan fingerprint density at radius 2 is 0.921 bits per heavy atom. The van der Waals surface area contributed by atoms with Crippen molar-refractivity contribution in [3.63, 3.8) is 0 Å². The highest BCUT2D eigenvalue weighted by Crippen LogP contribution is 2.34. The zero-order chi connectivity index (χ0) is 26.0. The molecule has 5 aromatic rings. The SMILES string of the molecule is C\C=C/C(=C\C=C\c1ccccc1)N(c1ccc(-c2ccccc2)cc1)c1ccc(-c2ccccc2)cc1. The molecule has 0 N–H and O–H groups in total. The number of rotatable bonds is 8. The van der Waals surface area contributed by atoms with Gasteiger partial charge in [0.2, 0.25) is 0 Å². The van der Waals surface area contributed by atoms with Crippen LogP contribution in [0.1, 0.15) is 12.5 Å². The number of benzene rings is 5. The average Bonchev–Trinajstić information content (AvgIpc) is 2.99. The summed E-state index contributed by atoms with van der Waals surface area (Å²) in [5, 5.41) is 0. The van der Waals surface area contributed by atoms with Gasteiger partial charge in [0.05, 0.1) is 0 Å². The van der Waals surface area contributed by atoms with E-state index in [0.29, 0.717) is 0 Å². The Kier molecular flexibility index (Phi) is 8.08. The summed E-state index contributed by atoms with van der Waals surface area (Å²) in [5.74, 6) is 0. The van der Waals surface area contributed by atoms with Crippen molar-refractivity contribution in [1.82, 2.24) is 0 Å². The molecule has 0 radical (unpaired) electrons. The molecule has 0 atom stereocenters. The predicted octanol–water partition coefficient (Wildman–Crippen LogP) is 10.3. The maximum atomic E-state index is 2.30. The van der Waals surface area contributed by atoms with Gasteiger partial charge in [0.1, 0.15) is 0 Å². The van der Waals surface area contributed by atoms with Gasteiger partial charge in [-0.25, -0.2) is 0 Å². The van der Waals surface area contributed by atoms with E-state index < -0.39 is 0 Å². The van der Waals surface area contributed by atoms with Crippen LogP contribution >= 0.6 is 0 Å². The van der Waals surface area contributed by atoms with E-state index in [1.54, 1.807) is 0 Å². The van der Waals surface area contributed by atoms with Gasteiger partial charge < -0.3 is 4.90 Å². The molecular formula is C37H31N. The van der Waals surface area contributed by atoms with Gasteiger partial charge in [-0.05, 0) is 71.2 Å². The van der Waals surface area contributed by atoms with Crippen LogP contribution in [0, 0.1) is 0 Å². The van der Waals surface area contributed by atoms with Crippen molar-refractivity contribution in [2.75, 3.05) is 4.90 Å². The van der Waals surface area contributed by atoms with Crippen LogP contribution < -0.4 is 4.90 Å². The Labute approximate surface area is 226 Å². The first kappa shape index (κ1) is 24.8. The van der Waals surface area contributed by atoms with Crippen LogP contribution in [-0.4, -0.2) is 0 Å². The van der Waals surface area contributed by atoms with Crippen molar-refractivity contribution < 1.29 is 0 Å². The zero-order valence-corrected chi connectivity index (χ0v) is 21.6. The summed E-state index contributed by atoms with van der Waals surface area (Å²) < 4.78 is 0. The fourth-order valence-corrected chi connectivity index (χ4v) is 4.51. The first-order chi connectivity index (χ1) is 18.8. The molecule has 0 saturated carbocycles. The fraction of sp³-hybridized carbons (Fsp3) is 0.0270. The van der Waals surface area contributed by atoms with Gasteiger partial charge in [0.15, 0.2) is 0 Å². The number of hydrogen-bond acceptors (Lipinski definition) is 1. The minimum absolute atomic E-state index is 1.08. The van der Waals surface area contributed by atoms with Crippen LogP contribution in [0.3, 0.4) is 0 Å². The molecule has 0 aliphatic carbocycles. The standard InChI is InChI=1S/C37H31N/c1-2-13-35(21-12-16-30-14-6-3-7-15-30)38(36-26-22-33(23-27-36)31-17-8-4-9-18-31)37-28-24-34(25-29-37)32-19-10-5-11-20-32/h2-29H,1H3/b13-2-,16-12+,35-21+. The second-order valence-corrected chi connectivity index (χ2v) is 9.02. The van der Waals surface area contributed by atoms with E-state index in [9.17, 15) is 0 Å². The van der Waals surface area contributed by atoms with Crippen molar-refractivity contribution in [3.05, 3.63) is 175 Å². The second kappa shape index (κ2) is 12.4. The summed E-state index contributed by atoms with van der Waals surface area (Å²) in [6, 6.07) is 49.0. The average molecular weight is 490 g/mol. The molecule has 0 unspecified atom stereocenters. The van der Waals surface area contributed by atoms with Gasteiger partial charge in [0, 0.05) is 17.1 Å². The highest BCUT2D eigenvalue weighted by molar-refractivity contribution is 5.76. The van der Waals surface area contributed by atoms with E-state index in [2.05, 4.69) is 176 Å². The molecule has 1 heteroatoms. The van der Waals surface area contributed by atoms with Gasteiger partial charge in [-0.15, -0.1) is 0 Å². The number of hydrogen-bond donors (Lipinski definition) is 0. The van der Waals surface area contributed by atoms with E-state index >= 15 is 0 Å². The van der Waals surface area contributed by atoms with Crippen LogP contribution in [-0.2, 0) is 0 Å². The van der Waals surface area contributed by atoms with Crippen molar-refractivity contribution in [3.8, 4) is 22.3 Å². The molecule has 0 amide bonds. The lowest BCUT2D eigenvalue weighted by Gasteiger charge is -2.27. The van der Waals surface area contributed by atoms with E-state index in [0.717, 1.165) is 17.1 Å². The Morgan fingerprint density at radius 1 is 0.500 bits per heavy atom. The van der Waals surface area contributed by atoms with Gasteiger partial charge in [-0.3, -0.25) is 0 Å². The molecule has 0 aliphatic rings. The molecule has 1 nitrogen and oxygen atoms in total. The highest BCUT2D eigenvalue weighted by Gasteiger charge is 2.13. The van der Waals surface area contributed by atoms with Crippen molar-refractivity contribution in [2.45, 2.75) is 6.92 Å². The van der Waals surface area contributed by atoms with Crippen LogP contribution in [0.2, 0.25) is 0 Å². The maximum Gasteiger partial charge on any atom is 0.0462 e. The Balaban J connectivity index is 1.54. The summed E-state index contributed by atoms with van der Waals surface area (Å²) in [6.07, 6.45) is 10.7. The summed E-state index contributed by atoms with van der Waals surface area (Å²) >= 11 is 0. The molecule has 184 valence electrons. The molecule has 5 aromatic carbocycles. The first-order valence-electron chi connectivity index (χ1n) is 13.0. The van der Waals surface area contributed by atoms with Gasteiger partial charge in [-0.1, -0.05) is 133 Å². The largest absolute Gasteiger partial charge is 0.311 e. The smallest absolute Gasteiger partial charge is 0.0462 e. The summed E-state index contributed by atoms with van der Waals surface area (Å²) in [7, 11) is 0. The van der Waals surface area contributed by atoms with E-state index in [-0.39, 0.29) is 0 Å². The zero-order valence-electron chi connectivity index (χ0n) is 21.6. The Hall–Kier alpha value is -4.88. The monoisotopic (exact) mass is 489 g/mol. The molecule has 0 aliphatic heterocycles. The molecule has 5 rings (SSSR count). The molecule has 0 saturated heterocycles. The topological polar surface area (TPSA) is 3.24 Å². The van der Waals surface area contributed by atoms with Crippen LogP contribution in [0.5, 0.6) is 0 Å². The van der Waals surface area contributed by atoms with E-state index in [1.807, 2.05) is 6.07 Å². The number of allylic oxidation sites excluding steroid dienone is 4. The highest BCUT2D eigenvalue weighted by atomic mass is 15.1. The maximum absolute atomic E-state index is 2.30. The Bertz CT molecular complexity index is 1430. The fourth-order valence-electron chi connectivity index (χ4n) is 4.51. The molecule has 0 heterocycles. The van der Waals surface area contributed by atoms with E-state index in [1.165, 1.54) is 27.8 Å². The first-order valence-corrected chi connectivity index (χ1v) is 13.0. The molecule has 0 aromatic heterocycles. The normalized spacial score (nSPS) is 11.8. The Morgan fingerprint density at radius 3 is 1.37 bits per heavy atom. The number of anilines is 2. The quantitative estimate of drug-likeness (QED) is 0.196. The number of nitrogens with zero attached hydrogens (tertiary/aromatic N) is 1. The lowest BCUT2D eigenvalue weighted by atomic mass is 10.0. The lowest BCUT2D eigenvalue weighted by molar-refractivity contribution is 1.21. The second-order valence-electron chi connectivity index (χ2n) is 9.02. The summed E-state index contributed by atoms with van der Waals surface area (Å²) in [6.45, 7) is 2.06. The molecule has 38 heavy (non-hydrogen) atoms. The molecule has 0 spiro atoms. The van der Waals surface area contributed by atoms with Gasteiger partial charge in [0.25, 0.3) is 0 Å². The third-order valence-electron chi connectivity index (χ3n) is 6.42. The predicted molar refractivity (Wildman–Crippen MR) is 164 cm³/mol. The van der Waals surface area contributed by atoms with Gasteiger partial charge >= 0.3 is 0 Å². The molecular weight excluding hydrogens is 458 g/mol. The lowest BCUT2D eigenvalue weighted by Crippen LogP contribution is -2.15.